The lowest BCUT2D eigenvalue weighted by molar-refractivity contribution is 0.187. The molecule has 0 bridgehead atoms. The lowest BCUT2D eigenvalue weighted by atomic mass is 10.1. The second kappa shape index (κ2) is 7.09. The van der Waals surface area contributed by atoms with E-state index in [2.05, 4.69) is 48.3 Å². The molecular formula is C13H25N3S. The third-order valence-electron chi connectivity index (χ3n) is 2.62. The summed E-state index contributed by atoms with van der Waals surface area (Å²) in [6.07, 6.45) is 0. The summed E-state index contributed by atoms with van der Waals surface area (Å²) in [5, 5.41) is 6.50. The van der Waals surface area contributed by atoms with E-state index in [0.29, 0.717) is 12.0 Å². The van der Waals surface area contributed by atoms with Crippen LogP contribution in [0.1, 0.15) is 38.4 Å². The third-order valence-corrected chi connectivity index (χ3v) is 3.52. The fraction of sp³-hybridized carbons (Fsp3) is 0.769. The van der Waals surface area contributed by atoms with Crippen LogP contribution in [0, 0.1) is 5.92 Å². The molecule has 1 heterocycles. The van der Waals surface area contributed by atoms with Crippen molar-refractivity contribution < 1.29 is 0 Å². The minimum atomic E-state index is 0.576. The minimum Gasteiger partial charge on any atom is -0.314 e. The first-order chi connectivity index (χ1) is 8.02. The molecule has 0 saturated carbocycles. The van der Waals surface area contributed by atoms with E-state index in [-0.39, 0.29) is 0 Å². The van der Waals surface area contributed by atoms with Crippen molar-refractivity contribution in [2.75, 3.05) is 13.6 Å². The predicted molar refractivity (Wildman–Crippen MR) is 75.3 cm³/mol. The lowest BCUT2D eigenvalue weighted by Gasteiger charge is -2.27. The molecule has 1 aromatic heterocycles. The van der Waals surface area contributed by atoms with E-state index in [9.17, 15) is 0 Å². The van der Waals surface area contributed by atoms with Crippen LogP contribution in [0.15, 0.2) is 5.38 Å². The Kier molecular flexibility index (Phi) is 6.09. The van der Waals surface area contributed by atoms with Crippen molar-refractivity contribution in [1.82, 2.24) is 15.2 Å². The molecule has 0 amide bonds. The first-order valence-electron chi connectivity index (χ1n) is 6.34. The Morgan fingerprint density at radius 2 is 2.06 bits per heavy atom. The Labute approximate surface area is 109 Å². The van der Waals surface area contributed by atoms with Gasteiger partial charge in [0.05, 0.1) is 5.69 Å². The van der Waals surface area contributed by atoms with Crippen LogP contribution >= 0.6 is 11.3 Å². The lowest BCUT2D eigenvalue weighted by Crippen LogP contribution is -2.33. The maximum absolute atomic E-state index is 4.64. The maximum atomic E-state index is 4.64. The van der Waals surface area contributed by atoms with Gasteiger partial charge in [0.2, 0.25) is 0 Å². The van der Waals surface area contributed by atoms with E-state index >= 15 is 0 Å². The van der Waals surface area contributed by atoms with Crippen molar-refractivity contribution in [2.45, 2.75) is 46.8 Å². The van der Waals surface area contributed by atoms with Gasteiger partial charge in [-0.05, 0) is 26.8 Å². The predicted octanol–water partition coefficient (Wildman–Crippen LogP) is 2.73. The van der Waals surface area contributed by atoms with Crippen LogP contribution in [0.4, 0.5) is 0 Å². The molecule has 17 heavy (non-hydrogen) atoms. The smallest absolute Gasteiger partial charge is 0.107 e. The highest BCUT2D eigenvalue weighted by atomic mass is 32.1. The largest absolute Gasteiger partial charge is 0.314 e. The quantitative estimate of drug-likeness (QED) is 0.812. The molecule has 4 heteroatoms. The number of aromatic nitrogens is 1. The number of nitrogens with one attached hydrogen (secondary N) is 1. The number of thiazole rings is 1. The Bertz CT molecular complexity index is 320. The first kappa shape index (κ1) is 14.6. The van der Waals surface area contributed by atoms with Gasteiger partial charge in [0, 0.05) is 31.1 Å². The van der Waals surface area contributed by atoms with Gasteiger partial charge in [-0.2, -0.15) is 0 Å². The van der Waals surface area contributed by atoms with Gasteiger partial charge < -0.3 is 5.32 Å². The molecule has 3 nitrogen and oxygen atoms in total. The second-order valence-electron chi connectivity index (χ2n) is 5.18. The standard InChI is InChI=1S/C13H25N3S/c1-10(2)7-16(11(3)4)8-12-9-17-13(15-12)6-14-5/h9-11,14H,6-8H2,1-5H3. The van der Waals surface area contributed by atoms with E-state index in [0.717, 1.165) is 19.6 Å². The van der Waals surface area contributed by atoms with E-state index in [1.54, 1.807) is 11.3 Å². The Morgan fingerprint density at radius 1 is 1.35 bits per heavy atom. The zero-order valence-electron chi connectivity index (χ0n) is 11.7. The van der Waals surface area contributed by atoms with Crippen molar-refractivity contribution in [2.24, 2.45) is 5.92 Å². The van der Waals surface area contributed by atoms with Crippen LogP contribution in [0.5, 0.6) is 0 Å². The highest BCUT2D eigenvalue weighted by molar-refractivity contribution is 7.09. The average molecular weight is 255 g/mol. The Morgan fingerprint density at radius 3 is 2.59 bits per heavy atom. The normalized spacial score (nSPS) is 12.0. The fourth-order valence-electron chi connectivity index (χ4n) is 1.79. The van der Waals surface area contributed by atoms with Gasteiger partial charge in [-0.1, -0.05) is 13.8 Å². The molecule has 0 unspecified atom stereocenters. The van der Waals surface area contributed by atoms with Gasteiger partial charge in [-0.15, -0.1) is 11.3 Å². The summed E-state index contributed by atoms with van der Waals surface area (Å²) in [5.41, 5.74) is 1.20. The molecular weight excluding hydrogens is 230 g/mol. The van der Waals surface area contributed by atoms with Crippen molar-refractivity contribution >= 4 is 11.3 Å². The molecule has 0 radical (unpaired) electrons. The second-order valence-corrected chi connectivity index (χ2v) is 6.12. The summed E-state index contributed by atoms with van der Waals surface area (Å²) >= 11 is 1.75. The van der Waals surface area contributed by atoms with E-state index in [4.69, 9.17) is 0 Å². The summed E-state index contributed by atoms with van der Waals surface area (Å²) in [5.74, 6) is 0.702. The Balaban J connectivity index is 2.58. The molecule has 0 aromatic carbocycles. The fourth-order valence-corrected chi connectivity index (χ4v) is 2.59. The molecule has 1 aromatic rings. The van der Waals surface area contributed by atoms with Crippen LogP contribution < -0.4 is 5.32 Å². The van der Waals surface area contributed by atoms with Gasteiger partial charge in [-0.25, -0.2) is 4.98 Å². The summed E-state index contributed by atoms with van der Waals surface area (Å²) in [6, 6.07) is 0.576. The molecule has 0 atom stereocenters. The van der Waals surface area contributed by atoms with Crippen LogP contribution in [-0.4, -0.2) is 29.5 Å². The summed E-state index contributed by atoms with van der Waals surface area (Å²) in [6.45, 7) is 12.0. The highest BCUT2D eigenvalue weighted by Crippen LogP contribution is 2.14. The van der Waals surface area contributed by atoms with Gasteiger partial charge in [0.15, 0.2) is 0 Å². The molecule has 0 saturated heterocycles. The van der Waals surface area contributed by atoms with E-state index < -0.39 is 0 Å². The van der Waals surface area contributed by atoms with Gasteiger partial charge in [-0.3, -0.25) is 4.90 Å². The summed E-state index contributed by atoms with van der Waals surface area (Å²) < 4.78 is 0. The van der Waals surface area contributed by atoms with Crippen molar-refractivity contribution in [3.8, 4) is 0 Å². The van der Waals surface area contributed by atoms with E-state index in [1.807, 2.05) is 7.05 Å². The van der Waals surface area contributed by atoms with Crippen molar-refractivity contribution in [1.29, 1.82) is 0 Å². The van der Waals surface area contributed by atoms with Gasteiger partial charge in [0.1, 0.15) is 5.01 Å². The molecule has 1 rings (SSSR count). The minimum absolute atomic E-state index is 0.576. The average Bonchev–Trinajstić information content (AvgIpc) is 2.64. The van der Waals surface area contributed by atoms with Gasteiger partial charge in [0.25, 0.3) is 0 Å². The molecule has 1 N–H and O–H groups in total. The van der Waals surface area contributed by atoms with Crippen molar-refractivity contribution in [3.63, 3.8) is 0 Å². The van der Waals surface area contributed by atoms with Crippen LogP contribution in [-0.2, 0) is 13.1 Å². The number of rotatable bonds is 7. The topological polar surface area (TPSA) is 28.2 Å². The van der Waals surface area contributed by atoms with Crippen molar-refractivity contribution in [3.05, 3.63) is 16.1 Å². The van der Waals surface area contributed by atoms with Crippen LogP contribution in [0.3, 0.4) is 0 Å². The number of nitrogens with zero attached hydrogens (tertiary/aromatic N) is 2. The Hall–Kier alpha value is -0.450. The zero-order chi connectivity index (χ0) is 12.8. The third kappa shape index (κ3) is 5.15. The molecule has 0 aliphatic rings. The molecule has 98 valence electrons. The monoisotopic (exact) mass is 255 g/mol. The summed E-state index contributed by atoms with van der Waals surface area (Å²) in [4.78, 5) is 7.13. The van der Waals surface area contributed by atoms with Crippen LogP contribution in [0.25, 0.3) is 0 Å². The SMILES string of the molecule is CNCc1nc(CN(CC(C)C)C(C)C)cs1. The first-order valence-corrected chi connectivity index (χ1v) is 7.22. The summed E-state index contributed by atoms with van der Waals surface area (Å²) in [7, 11) is 1.96. The highest BCUT2D eigenvalue weighted by Gasteiger charge is 2.13. The van der Waals surface area contributed by atoms with Crippen LogP contribution in [0.2, 0.25) is 0 Å². The zero-order valence-corrected chi connectivity index (χ0v) is 12.5. The van der Waals surface area contributed by atoms with E-state index in [1.165, 1.54) is 10.7 Å². The molecule has 0 fully saturated rings. The molecule has 0 spiro atoms. The molecule has 0 aliphatic heterocycles. The molecule has 0 aliphatic carbocycles. The van der Waals surface area contributed by atoms with Gasteiger partial charge >= 0.3 is 0 Å². The maximum Gasteiger partial charge on any atom is 0.107 e. The number of hydrogen-bond acceptors (Lipinski definition) is 4. The number of hydrogen-bond donors (Lipinski definition) is 1.